The van der Waals surface area contributed by atoms with Crippen LogP contribution in [0.4, 0.5) is 0 Å². The van der Waals surface area contributed by atoms with Crippen LogP contribution in [0.25, 0.3) is 0 Å². The van der Waals surface area contributed by atoms with Crippen LogP contribution >= 0.6 is 11.8 Å². The summed E-state index contributed by atoms with van der Waals surface area (Å²) in [6.45, 7) is 10.2. The third-order valence-corrected chi connectivity index (χ3v) is 6.81. The molecule has 0 saturated carbocycles. The van der Waals surface area contributed by atoms with Crippen molar-refractivity contribution in [3.05, 3.63) is 11.6 Å². The predicted octanol–water partition coefficient (Wildman–Crippen LogP) is 3.39. The fraction of sp³-hybridized carbons (Fsp3) is 0.824. The molecule has 0 aliphatic carbocycles. The number of carbonyl (C=O) groups excluding carboxylic acids is 1. The standard InChI is InChI=1S/C17H27NO2S/c1-11(2)21-14-9-13-10-16(19)20-17(13,4)15-7-5-6-8-18(15)12(14)3/h10-12,14-15H,5-9H2,1-4H3/t12-,14?,15+,17-/m0/s1. The summed E-state index contributed by atoms with van der Waals surface area (Å²) < 4.78 is 5.82. The Hall–Kier alpha value is -0.480. The van der Waals surface area contributed by atoms with Gasteiger partial charge in [-0.15, -0.1) is 0 Å². The number of fused-ring (bicyclic) bond motifs is 3. The molecule has 3 aliphatic heterocycles. The molecule has 3 heterocycles. The van der Waals surface area contributed by atoms with Crippen LogP contribution in [0, 0.1) is 0 Å². The molecule has 4 heteroatoms. The maximum absolute atomic E-state index is 11.9. The molecule has 0 radical (unpaired) electrons. The molecule has 21 heavy (non-hydrogen) atoms. The number of piperidine rings is 1. The zero-order chi connectivity index (χ0) is 15.2. The Kier molecular flexibility index (Phi) is 4.12. The summed E-state index contributed by atoms with van der Waals surface area (Å²) >= 11 is 2.05. The van der Waals surface area contributed by atoms with Crippen molar-refractivity contribution >= 4 is 17.7 Å². The second kappa shape index (κ2) is 5.62. The first kappa shape index (κ1) is 15.4. The molecule has 0 aromatic carbocycles. The maximum Gasteiger partial charge on any atom is 0.331 e. The monoisotopic (exact) mass is 309 g/mol. The van der Waals surface area contributed by atoms with Crippen molar-refractivity contribution in [3.8, 4) is 0 Å². The molecule has 3 nitrogen and oxygen atoms in total. The number of esters is 1. The van der Waals surface area contributed by atoms with E-state index in [0.29, 0.717) is 22.6 Å². The molecule has 3 aliphatic rings. The summed E-state index contributed by atoms with van der Waals surface area (Å²) in [6.07, 6.45) is 6.42. The predicted molar refractivity (Wildman–Crippen MR) is 87.5 cm³/mol. The van der Waals surface area contributed by atoms with Gasteiger partial charge in [0, 0.05) is 17.4 Å². The zero-order valence-electron chi connectivity index (χ0n) is 13.6. The van der Waals surface area contributed by atoms with Gasteiger partial charge >= 0.3 is 5.97 Å². The first-order chi connectivity index (χ1) is 9.91. The minimum atomic E-state index is -0.391. The summed E-state index contributed by atoms with van der Waals surface area (Å²) in [5, 5.41) is 1.16. The smallest absolute Gasteiger partial charge is 0.331 e. The Morgan fingerprint density at radius 2 is 2.19 bits per heavy atom. The van der Waals surface area contributed by atoms with Crippen LogP contribution in [0.5, 0.6) is 0 Å². The number of hydrogen-bond acceptors (Lipinski definition) is 4. The number of rotatable bonds is 2. The molecular weight excluding hydrogens is 282 g/mol. The topological polar surface area (TPSA) is 29.5 Å². The molecule has 0 amide bonds. The van der Waals surface area contributed by atoms with E-state index in [1.54, 1.807) is 6.08 Å². The van der Waals surface area contributed by atoms with Gasteiger partial charge in [-0.25, -0.2) is 4.79 Å². The minimum absolute atomic E-state index is 0.138. The first-order valence-corrected chi connectivity index (χ1v) is 9.21. The van der Waals surface area contributed by atoms with Crippen molar-refractivity contribution in [2.75, 3.05) is 6.54 Å². The Bertz CT molecular complexity index is 462. The highest BCUT2D eigenvalue weighted by atomic mass is 32.2. The third-order valence-electron chi connectivity index (χ3n) is 5.35. The van der Waals surface area contributed by atoms with Crippen LogP contribution in [-0.2, 0) is 9.53 Å². The third kappa shape index (κ3) is 2.65. The van der Waals surface area contributed by atoms with Crippen LogP contribution in [-0.4, -0.2) is 45.6 Å². The van der Waals surface area contributed by atoms with Crippen LogP contribution in [0.1, 0.15) is 53.4 Å². The van der Waals surface area contributed by atoms with E-state index in [-0.39, 0.29) is 5.97 Å². The van der Waals surface area contributed by atoms with Crippen molar-refractivity contribution in [2.45, 2.75) is 81.6 Å². The van der Waals surface area contributed by atoms with Crippen molar-refractivity contribution in [1.82, 2.24) is 4.90 Å². The van der Waals surface area contributed by atoms with Crippen LogP contribution in [0.2, 0.25) is 0 Å². The Morgan fingerprint density at radius 1 is 1.43 bits per heavy atom. The summed E-state index contributed by atoms with van der Waals surface area (Å²) in [7, 11) is 0. The Labute approximate surface area is 132 Å². The molecule has 3 rings (SSSR count). The molecule has 118 valence electrons. The van der Waals surface area contributed by atoms with E-state index in [9.17, 15) is 4.79 Å². The summed E-state index contributed by atoms with van der Waals surface area (Å²) in [5.74, 6) is -0.138. The van der Waals surface area contributed by atoms with E-state index in [2.05, 4.69) is 44.4 Å². The lowest BCUT2D eigenvalue weighted by Crippen LogP contribution is -2.56. The fourth-order valence-electron chi connectivity index (χ4n) is 4.28. The van der Waals surface area contributed by atoms with Crippen molar-refractivity contribution in [2.24, 2.45) is 0 Å². The number of ether oxygens (including phenoxy) is 1. The molecule has 0 spiro atoms. The van der Waals surface area contributed by atoms with E-state index in [1.807, 2.05) is 0 Å². The van der Waals surface area contributed by atoms with E-state index >= 15 is 0 Å². The van der Waals surface area contributed by atoms with Crippen LogP contribution in [0.3, 0.4) is 0 Å². The molecule has 2 fully saturated rings. The quantitative estimate of drug-likeness (QED) is 0.731. The van der Waals surface area contributed by atoms with Gasteiger partial charge in [-0.3, -0.25) is 4.90 Å². The number of carbonyl (C=O) groups is 1. The lowest BCUT2D eigenvalue weighted by molar-refractivity contribution is -0.151. The average molecular weight is 309 g/mol. The summed E-state index contributed by atoms with van der Waals surface area (Å²) in [4.78, 5) is 14.5. The molecule has 4 atom stereocenters. The normalized spacial score (nSPS) is 40.3. The molecule has 0 aromatic rings. The first-order valence-electron chi connectivity index (χ1n) is 8.27. The van der Waals surface area contributed by atoms with Crippen LogP contribution in [0.15, 0.2) is 11.6 Å². The van der Waals surface area contributed by atoms with Gasteiger partial charge in [-0.2, -0.15) is 11.8 Å². The van der Waals surface area contributed by atoms with Gasteiger partial charge in [-0.1, -0.05) is 20.3 Å². The van der Waals surface area contributed by atoms with Gasteiger partial charge in [0.05, 0.1) is 6.04 Å². The Morgan fingerprint density at radius 3 is 2.90 bits per heavy atom. The SMILES string of the molecule is CC(C)SC1CC2=CC(=O)O[C@]2(C)[C@H]2CCCCN2[C@H]1C. The van der Waals surface area contributed by atoms with Crippen molar-refractivity contribution < 1.29 is 9.53 Å². The van der Waals surface area contributed by atoms with Gasteiger partial charge in [0.15, 0.2) is 0 Å². The van der Waals surface area contributed by atoms with E-state index in [1.165, 1.54) is 18.4 Å². The summed E-state index contributed by atoms with van der Waals surface area (Å²) in [5.41, 5.74) is 0.838. The zero-order valence-corrected chi connectivity index (χ0v) is 14.4. The van der Waals surface area contributed by atoms with Crippen molar-refractivity contribution in [1.29, 1.82) is 0 Å². The molecule has 2 saturated heterocycles. The fourth-order valence-corrected chi connectivity index (χ4v) is 5.64. The van der Waals surface area contributed by atoms with Gasteiger partial charge in [0.1, 0.15) is 5.60 Å². The minimum Gasteiger partial charge on any atom is -0.450 e. The number of nitrogens with zero attached hydrogens (tertiary/aromatic N) is 1. The Balaban J connectivity index is 1.97. The highest BCUT2D eigenvalue weighted by Gasteiger charge is 2.52. The van der Waals surface area contributed by atoms with Crippen molar-refractivity contribution in [3.63, 3.8) is 0 Å². The average Bonchev–Trinajstić information content (AvgIpc) is 2.68. The van der Waals surface area contributed by atoms with Gasteiger partial charge in [0.25, 0.3) is 0 Å². The van der Waals surface area contributed by atoms with Gasteiger partial charge in [0.2, 0.25) is 0 Å². The van der Waals surface area contributed by atoms with Gasteiger partial charge < -0.3 is 4.74 Å². The second-order valence-electron chi connectivity index (χ2n) is 7.12. The van der Waals surface area contributed by atoms with E-state index in [4.69, 9.17) is 4.74 Å². The molecule has 0 N–H and O–H groups in total. The highest BCUT2D eigenvalue weighted by molar-refractivity contribution is 8.00. The molecular formula is C17H27NO2S. The molecule has 0 bridgehead atoms. The highest BCUT2D eigenvalue weighted by Crippen LogP contribution is 2.46. The van der Waals surface area contributed by atoms with Crippen LogP contribution < -0.4 is 0 Å². The lowest BCUT2D eigenvalue weighted by atomic mass is 9.83. The lowest BCUT2D eigenvalue weighted by Gasteiger charge is -2.45. The molecule has 0 aromatic heterocycles. The largest absolute Gasteiger partial charge is 0.450 e. The summed E-state index contributed by atoms with van der Waals surface area (Å²) in [6, 6.07) is 0.904. The second-order valence-corrected chi connectivity index (χ2v) is 8.94. The van der Waals surface area contributed by atoms with Gasteiger partial charge in [-0.05, 0) is 50.5 Å². The van der Waals surface area contributed by atoms with E-state index < -0.39 is 5.60 Å². The van der Waals surface area contributed by atoms with E-state index in [0.717, 1.165) is 19.4 Å². The number of hydrogen-bond donors (Lipinski definition) is 0. The molecule has 1 unspecified atom stereocenters. The maximum atomic E-state index is 11.9. The number of thioether (sulfide) groups is 1.